The molecule has 1 saturated heterocycles. The molecular weight excluding hydrogens is 326 g/mol. The summed E-state index contributed by atoms with van der Waals surface area (Å²) in [5.41, 5.74) is 6.72. The van der Waals surface area contributed by atoms with Crippen molar-refractivity contribution in [1.82, 2.24) is 10.3 Å². The molecule has 0 atom stereocenters. The van der Waals surface area contributed by atoms with Gasteiger partial charge in [0.25, 0.3) is 0 Å². The molecule has 0 saturated carbocycles. The van der Waals surface area contributed by atoms with Crippen LogP contribution in [-0.2, 0) is 11.2 Å². The molecule has 1 fully saturated rings. The predicted molar refractivity (Wildman–Crippen MR) is 106 cm³/mol. The van der Waals surface area contributed by atoms with Crippen molar-refractivity contribution in [2.75, 3.05) is 31.1 Å². The Kier molecular flexibility index (Phi) is 5.37. The molecule has 2 aliphatic rings. The van der Waals surface area contributed by atoms with E-state index < -0.39 is 5.97 Å². The number of pyridine rings is 1. The first-order chi connectivity index (χ1) is 12.3. The highest BCUT2D eigenvalue weighted by molar-refractivity contribution is 5.84. The van der Waals surface area contributed by atoms with Gasteiger partial charge in [0, 0.05) is 42.1 Å². The van der Waals surface area contributed by atoms with Gasteiger partial charge in [-0.2, -0.15) is 0 Å². The van der Waals surface area contributed by atoms with E-state index in [1.54, 1.807) is 0 Å². The third kappa shape index (κ3) is 3.93. The molecule has 0 aromatic carbocycles. The number of aromatic nitrogens is 1. The number of carboxylic acids is 1. The Bertz CT molecular complexity index is 727. The number of aliphatic carboxylic acids is 1. The van der Waals surface area contributed by atoms with Gasteiger partial charge in [-0.3, -0.25) is 9.78 Å². The summed E-state index contributed by atoms with van der Waals surface area (Å²) in [6, 6.07) is 0. The van der Waals surface area contributed by atoms with Gasteiger partial charge >= 0.3 is 5.97 Å². The minimum absolute atomic E-state index is 0.0346. The Morgan fingerprint density at radius 3 is 2.54 bits per heavy atom. The number of carbonyl (C=O) groups is 1. The lowest BCUT2D eigenvalue weighted by Gasteiger charge is -2.40. The molecule has 142 valence electrons. The predicted octanol–water partition coefficient (Wildman–Crippen LogP) is 3.33. The van der Waals surface area contributed by atoms with Gasteiger partial charge < -0.3 is 15.3 Å². The van der Waals surface area contributed by atoms with Crippen LogP contribution in [0.15, 0.2) is 6.08 Å². The summed E-state index contributed by atoms with van der Waals surface area (Å²) in [4.78, 5) is 18.7. The number of carboxylic acid groups (broad SMARTS) is 1. The van der Waals surface area contributed by atoms with Crippen molar-refractivity contribution in [3.8, 4) is 0 Å². The third-order valence-electron chi connectivity index (χ3n) is 5.80. The molecule has 2 N–H and O–H groups in total. The summed E-state index contributed by atoms with van der Waals surface area (Å²) in [7, 11) is 0. The number of anilines is 1. The number of hydrogen-bond donors (Lipinski definition) is 2. The van der Waals surface area contributed by atoms with Crippen molar-refractivity contribution in [2.24, 2.45) is 5.41 Å². The van der Waals surface area contributed by atoms with E-state index in [1.807, 2.05) is 6.92 Å². The monoisotopic (exact) mass is 357 g/mol. The second-order valence-corrected chi connectivity index (χ2v) is 8.39. The van der Waals surface area contributed by atoms with Gasteiger partial charge in [0.15, 0.2) is 0 Å². The fraction of sp³-hybridized carbons (Fsp3) is 0.619. The van der Waals surface area contributed by atoms with Crippen LogP contribution in [0.25, 0.3) is 5.57 Å². The Morgan fingerprint density at radius 1 is 1.27 bits per heavy atom. The van der Waals surface area contributed by atoms with Crippen LogP contribution in [0.4, 0.5) is 5.69 Å². The molecule has 26 heavy (non-hydrogen) atoms. The smallest absolute Gasteiger partial charge is 0.307 e. The van der Waals surface area contributed by atoms with Gasteiger partial charge in [-0.05, 0) is 50.6 Å². The van der Waals surface area contributed by atoms with E-state index in [2.05, 4.69) is 37.1 Å². The van der Waals surface area contributed by atoms with Crippen LogP contribution in [-0.4, -0.2) is 42.2 Å². The third-order valence-corrected chi connectivity index (χ3v) is 5.80. The van der Waals surface area contributed by atoms with Crippen LogP contribution >= 0.6 is 0 Å². The van der Waals surface area contributed by atoms with E-state index >= 15 is 0 Å². The van der Waals surface area contributed by atoms with Crippen LogP contribution in [0.2, 0.25) is 0 Å². The molecule has 0 amide bonds. The molecule has 1 aromatic rings. The number of hydrogen-bond acceptors (Lipinski definition) is 4. The Labute approximate surface area is 156 Å². The van der Waals surface area contributed by atoms with E-state index in [0.717, 1.165) is 68.1 Å². The first-order valence-corrected chi connectivity index (χ1v) is 9.65. The Morgan fingerprint density at radius 2 is 1.96 bits per heavy atom. The molecule has 0 radical (unpaired) electrons. The number of aryl methyl sites for hydroxylation is 2. The zero-order chi connectivity index (χ0) is 18.9. The van der Waals surface area contributed by atoms with Gasteiger partial charge in [-0.1, -0.05) is 19.9 Å². The van der Waals surface area contributed by atoms with Crippen molar-refractivity contribution in [2.45, 2.75) is 53.4 Å². The largest absolute Gasteiger partial charge is 0.481 e. The molecule has 0 spiro atoms. The highest BCUT2D eigenvalue weighted by Crippen LogP contribution is 2.40. The molecule has 0 aliphatic carbocycles. The summed E-state index contributed by atoms with van der Waals surface area (Å²) < 4.78 is 0. The van der Waals surface area contributed by atoms with Crippen LogP contribution in [0, 0.1) is 19.3 Å². The topological polar surface area (TPSA) is 65.5 Å². The van der Waals surface area contributed by atoms with E-state index in [0.29, 0.717) is 5.41 Å². The van der Waals surface area contributed by atoms with Crippen molar-refractivity contribution < 1.29 is 9.90 Å². The summed E-state index contributed by atoms with van der Waals surface area (Å²) in [5, 5.41) is 12.9. The number of rotatable bonds is 4. The molecule has 5 heteroatoms. The number of piperidine rings is 1. The lowest BCUT2D eigenvalue weighted by atomic mass is 9.81. The van der Waals surface area contributed by atoms with E-state index in [-0.39, 0.29) is 6.42 Å². The van der Waals surface area contributed by atoms with Crippen LogP contribution in [0.1, 0.15) is 55.6 Å². The van der Waals surface area contributed by atoms with E-state index in [4.69, 9.17) is 4.98 Å². The van der Waals surface area contributed by atoms with Crippen molar-refractivity contribution in [3.05, 3.63) is 28.6 Å². The fourth-order valence-electron chi connectivity index (χ4n) is 4.15. The normalized spacial score (nSPS) is 20.0. The molecule has 5 nitrogen and oxygen atoms in total. The maximum atomic E-state index is 11.6. The zero-order valence-corrected chi connectivity index (χ0v) is 16.5. The molecule has 0 unspecified atom stereocenters. The molecule has 1 aromatic heterocycles. The van der Waals surface area contributed by atoms with Crippen LogP contribution in [0.5, 0.6) is 0 Å². The van der Waals surface area contributed by atoms with Crippen molar-refractivity contribution >= 4 is 17.2 Å². The molecule has 3 heterocycles. The zero-order valence-electron chi connectivity index (χ0n) is 16.5. The molecule has 0 bridgehead atoms. The van der Waals surface area contributed by atoms with Crippen molar-refractivity contribution in [3.63, 3.8) is 0 Å². The maximum absolute atomic E-state index is 11.6. The highest BCUT2D eigenvalue weighted by Gasteiger charge is 2.30. The Balaban J connectivity index is 2.13. The average Bonchev–Trinajstić information content (AvgIpc) is 2.58. The van der Waals surface area contributed by atoms with Gasteiger partial charge in [0.05, 0.1) is 12.1 Å². The van der Waals surface area contributed by atoms with Gasteiger partial charge in [0.1, 0.15) is 0 Å². The second kappa shape index (κ2) is 7.39. The number of nitrogens with one attached hydrogen (secondary N) is 1. The molecular formula is C21H31N3O2. The highest BCUT2D eigenvalue weighted by atomic mass is 16.4. The number of nitrogens with zero attached hydrogens (tertiary/aromatic N) is 2. The first-order valence-electron chi connectivity index (χ1n) is 9.65. The van der Waals surface area contributed by atoms with Gasteiger partial charge in [-0.25, -0.2) is 0 Å². The standard InChI is InChI=1S/C21H31N3O2/c1-14-17(13-18(25)26)20(24-11-7-21(3,4)8-12-24)19(15(2)23-14)16-5-9-22-10-6-16/h5,22H,6-13H2,1-4H3,(H,25,26). The summed E-state index contributed by atoms with van der Waals surface area (Å²) >= 11 is 0. The fourth-order valence-corrected chi connectivity index (χ4v) is 4.15. The minimum atomic E-state index is -0.789. The van der Waals surface area contributed by atoms with E-state index in [9.17, 15) is 9.90 Å². The summed E-state index contributed by atoms with van der Waals surface area (Å²) in [5.74, 6) is -0.789. The Hall–Kier alpha value is -1.88. The average molecular weight is 357 g/mol. The second-order valence-electron chi connectivity index (χ2n) is 8.39. The quantitative estimate of drug-likeness (QED) is 0.865. The van der Waals surface area contributed by atoms with Gasteiger partial charge in [0.2, 0.25) is 0 Å². The van der Waals surface area contributed by atoms with Crippen LogP contribution in [0.3, 0.4) is 0 Å². The lowest BCUT2D eigenvalue weighted by Crippen LogP contribution is -2.39. The maximum Gasteiger partial charge on any atom is 0.307 e. The van der Waals surface area contributed by atoms with Crippen molar-refractivity contribution in [1.29, 1.82) is 0 Å². The van der Waals surface area contributed by atoms with Gasteiger partial charge in [-0.15, -0.1) is 0 Å². The summed E-state index contributed by atoms with van der Waals surface area (Å²) in [6.07, 6.45) is 5.49. The van der Waals surface area contributed by atoms with Crippen LogP contribution < -0.4 is 10.2 Å². The lowest BCUT2D eigenvalue weighted by molar-refractivity contribution is -0.136. The first kappa shape index (κ1) is 18.9. The summed E-state index contributed by atoms with van der Waals surface area (Å²) in [6.45, 7) is 12.4. The van der Waals surface area contributed by atoms with E-state index in [1.165, 1.54) is 11.1 Å². The molecule has 2 aliphatic heterocycles. The SMILES string of the molecule is Cc1nc(C)c(C2=CCNCC2)c(N2CCC(C)(C)CC2)c1CC(=O)O. The minimum Gasteiger partial charge on any atom is -0.481 e. The molecule has 3 rings (SSSR count).